The maximum Gasteiger partial charge on any atom is 0.357 e. The van der Waals surface area contributed by atoms with E-state index in [1.54, 1.807) is 0 Å². The highest BCUT2D eigenvalue weighted by atomic mass is 79.9. The zero-order valence-electron chi connectivity index (χ0n) is 10.8. The number of hydrogen-bond acceptors (Lipinski definition) is 2. The third-order valence-corrected chi connectivity index (χ3v) is 5.40. The van der Waals surface area contributed by atoms with Gasteiger partial charge in [0.15, 0.2) is 0 Å². The first-order chi connectivity index (χ1) is 9.48. The van der Waals surface area contributed by atoms with Crippen molar-refractivity contribution in [3.63, 3.8) is 0 Å². The molecule has 0 bridgehead atoms. The molecular weight excluding hydrogens is 403 g/mol. The van der Waals surface area contributed by atoms with E-state index in [1.165, 1.54) is 0 Å². The van der Waals surface area contributed by atoms with E-state index in [1.807, 2.05) is 55.5 Å². The summed E-state index contributed by atoms with van der Waals surface area (Å²) in [5, 5.41) is 10.3. The van der Waals surface area contributed by atoms with Gasteiger partial charge in [0.25, 0.3) is 5.85 Å². The van der Waals surface area contributed by atoms with Crippen LogP contribution in [0.2, 0.25) is 0 Å². The summed E-state index contributed by atoms with van der Waals surface area (Å²) in [5.74, 6) is -0.954. The molecule has 5 heteroatoms. The first-order valence-corrected chi connectivity index (χ1v) is 8.63. The molecule has 0 heterocycles. The highest BCUT2D eigenvalue weighted by Gasteiger charge is 2.42. The molecule has 1 N–H and O–H groups in total. The van der Waals surface area contributed by atoms with Gasteiger partial charge >= 0.3 is 8.46 Å². The predicted octanol–water partition coefficient (Wildman–Crippen LogP) is 4.86. The molecule has 0 amide bonds. The van der Waals surface area contributed by atoms with Gasteiger partial charge in [0.2, 0.25) is 0 Å². The van der Waals surface area contributed by atoms with E-state index < -0.39 is 19.7 Å². The molecule has 0 aliphatic rings. The van der Waals surface area contributed by atoms with Crippen molar-refractivity contribution in [1.29, 1.82) is 0 Å². The van der Waals surface area contributed by atoms with Crippen LogP contribution in [0.3, 0.4) is 0 Å². The minimum absolute atomic E-state index is 0.707. The lowest BCUT2D eigenvalue weighted by Crippen LogP contribution is -2.34. The lowest BCUT2D eigenvalue weighted by Gasteiger charge is -2.29. The second-order valence-corrected chi connectivity index (χ2v) is 7.35. The third kappa shape index (κ3) is 3.04. The fourth-order valence-corrected chi connectivity index (χ4v) is 3.29. The first kappa shape index (κ1) is 15.8. The van der Waals surface area contributed by atoms with Crippen LogP contribution in [0.4, 0.5) is 0 Å². The highest BCUT2D eigenvalue weighted by molar-refractivity contribution is 9.10. The van der Waals surface area contributed by atoms with Crippen molar-refractivity contribution in [2.75, 3.05) is 0 Å². The Morgan fingerprint density at radius 2 is 1.30 bits per heavy atom. The molecule has 0 aliphatic heterocycles. The van der Waals surface area contributed by atoms with Gasteiger partial charge in [-0.2, -0.15) is 0 Å². The third-order valence-electron chi connectivity index (χ3n) is 3.55. The summed E-state index contributed by atoms with van der Waals surface area (Å²) in [4.78, 5) is 0. The number of aliphatic hydroxyl groups is 1. The molecule has 0 fully saturated rings. The van der Waals surface area contributed by atoms with Gasteiger partial charge in [-0.3, -0.25) is 0 Å². The van der Waals surface area contributed by atoms with Gasteiger partial charge in [0.05, 0.1) is 5.41 Å². The van der Waals surface area contributed by atoms with Crippen LogP contribution in [0.15, 0.2) is 57.5 Å². The Hall–Kier alpha value is -0.540. The molecule has 0 spiro atoms. The molecule has 2 aromatic carbocycles. The van der Waals surface area contributed by atoms with Gasteiger partial charge in [-0.05, 0) is 42.3 Å². The van der Waals surface area contributed by atoms with Crippen molar-refractivity contribution in [3.05, 3.63) is 68.6 Å². The van der Waals surface area contributed by atoms with Crippen LogP contribution in [0.25, 0.3) is 0 Å². The normalized spacial score (nSPS) is 13.4. The van der Waals surface area contributed by atoms with E-state index in [2.05, 4.69) is 31.9 Å². The minimum Gasteiger partial charge on any atom is -0.350 e. The van der Waals surface area contributed by atoms with E-state index in [9.17, 15) is 9.67 Å². The van der Waals surface area contributed by atoms with Crippen molar-refractivity contribution in [3.8, 4) is 0 Å². The molecule has 2 unspecified atom stereocenters. The number of rotatable bonds is 4. The van der Waals surface area contributed by atoms with Gasteiger partial charge in [-0.25, -0.2) is 0 Å². The highest BCUT2D eigenvalue weighted by Crippen LogP contribution is 2.40. The number of benzene rings is 2. The van der Waals surface area contributed by atoms with Gasteiger partial charge in [-0.15, -0.1) is 0 Å². The Balaban J connectivity index is 2.58. The molecule has 0 saturated heterocycles. The van der Waals surface area contributed by atoms with E-state index in [0.717, 1.165) is 20.1 Å². The van der Waals surface area contributed by atoms with Gasteiger partial charge < -0.3 is 5.11 Å². The van der Waals surface area contributed by atoms with Gasteiger partial charge in [-0.1, -0.05) is 60.7 Å². The Morgan fingerprint density at radius 1 is 0.950 bits per heavy atom. The second kappa shape index (κ2) is 6.48. The van der Waals surface area contributed by atoms with E-state index in [-0.39, 0.29) is 0 Å². The molecule has 0 aromatic heterocycles. The molecule has 20 heavy (non-hydrogen) atoms. The van der Waals surface area contributed by atoms with Crippen molar-refractivity contribution < 1.29 is 9.67 Å². The van der Waals surface area contributed by atoms with E-state index in [0.29, 0.717) is 0 Å². The monoisotopic (exact) mass is 415 g/mol. The molecule has 104 valence electrons. The summed E-state index contributed by atoms with van der Waals surface area (Å²) in [6.45, 7) is 1.91. The summed E-state index contributed by atoms with van der Waals surface area (Å²) < 4.78 is 13.3. The molecule has 2 atom stereocenters. The molecule has 2 nitrogen and oxygen atoms in total. The molecule has 0 aliphatic carbocycles. The van der Waals surface area contributed by atoms with Crippen molar-refractivity contribution >= 4 is 40.3 Å². The first-order valence-electron chi connectivity index (χ1n) is 6.06. The van der Waals surface area contributed by atoms with Gasteiger partial charge in [0.1, 0.15) is 0 Å². The van der Waals surface area contributed by atoms with Crippen molar-refractivity contribution in [2.24, 2.45) is 0 Å². The minimum atomic E-state index is -0.954. The zero-order chi connectivity index (χ0) is 14.8. The summed E-state index contributed by atoms with van der Waals surface area (Å²) in [7, 11) is -0.789. The van der Waals surface area contributed by atoms with Crippen LogP contribution in [-0.4, -0.2) is 11.0 Å². The van der Waals surface area contributed by atoms with Crippen molar-refractivity contribution in [1.82, 2.24) is 0 Å². The predicted molar refractivity (Wildman–Crippen MR) is 89.7 cm³/mol. The lowest BCUT2D eigenvalue weighted by atomic mass is 9.77. The van der Waals surface area contributed by atoms with Crippen LogP contribution in [0.1, 0.15) is 18.1 Å². The molecule has 0 saturated carbocycles. The Morgan fingerprint density at radius 3 is 1.60 bits per heavy atom. The average Bonchev–Trinajstić information content (AvgIpc) is 2.47. The number of halogens is 2. The second-order valence-electron chi connectivity index (χ2n) is 4.74. The van der Waals surface area contributed by atoms with Crippen molar-refractivity contribution in [2.45, 2.75) is 18.2 Å². The van der Waals surface area contributed by atoms with Crippen LogP contribution >= 0.6 is 40.3 Å². The average molecular weight is 417 g/mol. The van der Waals surface area contributed by atoms with Crippen LogP contribution in [0, 0.1) is 0 Å². The Bertz CT molecular complexity index is 551. The number of aliphatic hydroxyl groups excluding tert-OH is 1. The SMILES string of the molecule is CC(c1ccc(Br)cc1)(c1ccc(Br)cc1)C(O)[PH+]=O. The van der Waals surface area contributed by atoms with E-state index in [4.69, 9.17) is 0 Å². The van der Waals surface area contributed by atoms with Gasteiger partial charge in [0, 0.05) is 8.95 Å². The Kier molecular flexibility index (Phi) is 5.14. The van der Waals surface area contributed by atoms with Crippen LogP contribution < -0.4 is 0 Å². The maximum atomic E-state index is 11.3. The van der Waals surface area contributed by atoms with Crippen LogP contribution in [0.5, 0.6) is 0 Å². The molecule has 2 aromatic rings. The number of hydrogen-bond donors (Lipinski definition) is 1. The lowest BCUT2D eigenvalue weighted by molar-refractivity contribution is 0.189. The van der Waals surface area contributed by atoms with Crippen LogP contribution in [-0.2, 0) is 9.98 Å². The Labute approximate surface area is 136 Å². The fourth-order valence-electron chi connectivity index (χ4n) is 2.19. The van der Waals surface area contributed by atoms with E-state index >= 15 is 0 Å². The maximum absolute atomic E-state index is 11.3. The zero-order valence-corrected chi connectivity index (χ0v) is 15.0. The fraction of sp³-hybridized carbons (Fsp3) is 0.200. The molecule has 0 radical (unpaired) electrons. The topological polar surface area (TPSA) is 37.3 Å². The quantitative estimate of drug-likeness (QED) is 0.722. The summed E-state index contributed by atoms with van der Waals surface area (Å²) >= 11 is 6.81. The standard InChI is InChI=1S/C15H13Br2O2P/c1-15(14(18)20-19,10-2-6-12(16)7-3-10)11-4-8-13(17)9-5-11/h2-9,14,18H,1H3/p+1. The molecule has 2 rings (SSSR count). The largest absolute Gasteiger partial charge is 0.357 e. The summed E-state index contributed by atoms with van der Waals surface area (Å²) in [6.07, 6.45) is 0. The summed E-state index contributed by atoms with van der Waals surface area (Å²) in [6, 6.07) is 15.5. The smallest absolute Gasteiger partial charge is 0.350 e. The molecular formula is C15H14Br2O2P+. The summed E-state index contributed by atoms with van der Waals surface area (Å²) in [5.41, 5.74) is 1.15.